The van der Waals surface area contributed by atoms with E-state index in [0.717, 1.165) is 24.2 Å². The summed E-state index contributed by atoms with van der Waals surface area (Å²) < 4.78 is 7.14. The van der Waals surface area contributed by atoms with Gasteiger partial charge in [0.25, 0.3) is 5.56 Å². The van der Waals surface area contributed by atoms with E-state index >= 15 is 0 Å². The van der Waals surface area contributed by atoms with Crippen LogP contribution < -0.4 is 5.56 Å². The van der Waals surface area contributed by atoms with Crippen molar-refractivity contribution in [3.8, 4) is 11.4 Å². The van der Waals surface area contributed by atoms with Crippen LogP contribution in [0, 0.1) is 0 Å². The Morgan fingerprint density at radius 2 is 2.42 bits per heavy atom. The molecule has 0 amide bonds. The average Bonchev–Trinajstić information content (AvgIpc) is 2.88. The second-order valence-electron chi connectivity index (χ2n) is 4.63. The zero-order valence-corrected chi connectivity index (χ0v) is 10.8. The van der Waals surface area contributed by atoms with Gasteiger partial charge >= 0.3 is 0 Å². The van der Waals surface area contributed by atoms with Gasteiger partial charge < -0.3 is 9.72 Å². The molecule has 0 saturated carbocycles. The van der Waals surface area contributed by atoms with E-state index in [1.54, 1.807) is 6.20 Å². The highest BCUT2D eigenvalue weighted by Gasteiger charge is 2.17. The van der Waals surface area contributed by atoms with E-state index in [0.29, 0.717) is 31.0 Å². The fourth-order valence-corrected chi connectivity index (χ4v) is 2.22. The average molecular weight is 260 g/mol. The van der Waals surface area contributed by atoms with Crippen LogP contribution >= 0.6 is 0 Å². The largest absolute Gasteiger partial charge is 0.376 e. The molecule has 0 aliphatic carbocycles. The number of aromatic amines is 1. The molecule has 0 atom stereocenters. The third-order valence-electron chi connectivity index (χ3n) is 3.19. The molecular weight excluding hydrogens is 244 g/mol. The molecule has 0 bridgehead atoms. The lowest BCUT2D eigenvalue weighted by Crippen LogP contribution is -2.24. The molecule has 1 aliphatic rings. The molecule has 100 valence electrons. The Bertz CT molecular complexity index is 644. The van der Waals surface area contributed by atoms with Crippen molar-refractivity contribution in [1.29, 1.82) is 0 Å². The molecule has 6 nitrogen and oxygen atoms in total. The normalized spacial score (nSPS) is 14.4. The van der Waals surface area contributed by atoms with Gasteiger partial charge in [-0.15, -0.1) is 0 Å². The standard InChI is InChI=1S/C13H16N4O2/c1-2-4-17-7-9(6-14-17)12-15-11-3-5-19-8-10(11)13(18)16-12/h6-7H,2-5,8H2,1H3,(H,15,16,18). The van der Waals surface area contributed by atoms with Crippen molar-refractivity contribution in [2.45, 2.75) is 32.9 Å². The molecule has 19 heavy (non-hydrogen) atoms. The number of rotatable bonds is 3. The van der Waals surface area contributed by atoms with Crippen molar-refractivity contribution in [2.24, 2.45) is 0 Å². The van der Waals surface area contributed by atoms with Gasteiger partial charge in [0.2, 0.25) is 0 Å². The van der Waals surface area contributed by atoms with Gasteiger partial charge in [-0.3, -0.25) is 9.48 Å². The van der Waals surface area contributed by atoms with Crippen molar-refractivity contribution in [3.63, 3.8) is 0 Å². The van der Waals surface area contributed by atoms with Crippen LogP contribution in [0.2, 0.25) is 0 Å². The van der Waals surface area contributed by atoms with E-state index in [1.165, 1.54) is 0 Å². The maximum Gasteiger partial charge on any atom is 0.256 e. The molecule has 3 heterocycles. The van der Waals surface area contributed by atoms with E-state index < -0.39 is 0 Å². The number of fused-ring (bicyclic) bond motifs is 1. The third kappa shape index (κ3) is 2.31. The molecular formula is C13H16N4O2. The minimum absolute atomic E-state index is 0.108. The van der Waals surface area contributed by atoms with Crippen LogP contribution in [0.3, 0.4) is 0 Å². The Hall–Kier alpha value is -1.95. The van der Waals surface area contributed by atoms with E-state index in [2.05, 4.69) is 22.0 Å². The zero-order chi connectivity index (χ0) is 13.2. The lowest BCUT2D eigenvalue weighted by Gasteiger charge is -2.14. The Morgan fingerprint density at radius 3 is 3.26 bits per heavy atom. The molecule has 6 heteroatoms. The predicted molar refractivity (Wildman–Crippen MR) is 69.7 cm³/mol. The fraction of sp³-hybridized carbons (Fsp3) is 0.462. The second-order valence-corrected chi connectivity index (χ2v) is 4.63. The van der Waals surface area contributed by atoms with Crippen LogP contribution in [-0.4, -0.2) is 26.4 Å². The number of aryl methyl sites for hydroxylation is 1. The number of ether oxygens (including phenoxy) is 1. The van der Waals surface area contributed by atoms with Gasteiger partial charge in [0.05, 0.1) is 36.2 Å². The van der Waals surface area contributed by atoms with Gasteiger partial charge in [0, 0.05) is 19.2 Å². The molecule has 3 rings (SSSR count). The van der Waals surface area contributed by atoms with Crippen molar-refractivity contribution in [3.05, 3.63) is 34.0 Å². The maximum absolute atomic E-state index is 12.0. The summed E-state index contributed by atoms with van der Waals surface area (Å²) in [6, 6.07) is 0. The van der Waals surface area contributed by atoms with Gasteiger partial charge in [0.1, 0.15) is 5.82 Å². The quantitative estimate of drug-likeness (QED) is 0.897. The first-order chi connectivity index (χ1) is 9.28. The minimum Gasteiger partial charge on any atom is -0.376 e. The predicted octanol–water partition coefficient (Wildman–Crippen LogP) is 1.12. The molecule has 0 fully saturated rings. The van der Waals surface area contributed by atoms with E-state index in [1.807, 2.05) is 10.9 Å². The minimum atomic E-state index is -0.108. The molecule has 0 spiro atoms. The first-order valence-electron chi connectivity index (χ1n) is 6.50. The molecule has 0 aromatic carbocycles. The van der Waals surface area contributed by atoms with Crippen LogP contribution in [0.4, 0.5) is 0 Å². The highest BCUT2D eigenvalue weighted by Crippen LogP contribution is 2.16. The molecule has 2 aromatic heterocycles. The third-order valence-corrected chi connectivity index (χ3v) is 3.19. The summed E-state index contributed by atoms with van der Waals surface area (Å²) in [5.74, 6) is 0.591. The second kappa shape index (κ2) is 4.97. The van der Waals surface area contributed by atoms with Crippen LogP contribution in [0.25, 0.3) is 11.4 Å². The van der Waals surface area contributed by atoms with E-state index in [9.17, 15) is 4.79 Å². The summed E-state index contributed by atoms with van der Waals surface area (Å²) in [4.78, 5) is 19.3. The lowest BCUT2D eigenvalue weighted by atomic mass is 10.1. The van der Waals surface area contributed by atoms with Crippen molar-refractivity contribution < 1.29 is 4.74 Å². The summed E-state index contributed by atoms with van der Waals surface area (Å²) in [5.41, 5.74) is 2.23. The molecule has 1 N–H and O–H groups in total. The monoisotopic (exact) mass is 260 g/mol. The topological polar surface area (TPSA) is 72.8 Å². The first kappa shape index (κ1) is 12.1. The number of hydrogen-bond donors (Lipinski definition) is 1. The Morgan fingerprint density at radius 1 is 1.53 bits per heavy atom. The van der Waals surface area contributed by atoms with Gasteiger partial charge in [0.15, 0.2) is 0 Å². The summed E-state index contributed by atoms with van der Waals surface area (Å²) in [6.07, 6.45) is 5.36. The summed E-state index contributed by atoms with van der Waals surface area (Å²) in [6.45, 7) is 3.94. The van der Waals surface area contributed by atoms with Crippen LogP contribution in [-0.2, 0) is 24.3 Å². The number of nitrogens with one attached hydrogen (secondary N) is 1. The number of H-pyrrole nitrogens is 1. The highest BCUT2D eigenvalue weighted by molar-refractivity contribution is 5.52. The van der Waals surface area contributed by atoms with Gasteiger partial charge in [-0.25, -0.2) is 4.98 Å². The van der Waals surface area contributed by atoms with Gasteiger partial charge in [-0.2, -0.15) is 5.10 Å². The number of hydrogen-bond acceptors (Lipinski definition) is 4. The van der Waals surface area contributed by atoms with E-state index in [4.69, 9.17) is 4.74 Å². The smallest absolute Gasteiger partial charge is 0.256 e. The number of nitrogens with zero attached hydrogens (tertiary/aromatic N) is 3. The fourth-order valence-electron chi connectivity index (χ4n) is 2.22. The molecule has 1 aliphatic heterocycles. The van der Waals surface area contributed by atoms with Crippen LogP contribution in [0.5, 0.6) is 0 Å². The lowest BCUT2D eigenvalue weighted by molar-refractivity contribution is 0.108. The van der Waals surface area contributed by atoms with Crippen LogP contribution in [0.15, 0.2) is 17.2 Å². The van der Waals surface area contributed by atoms with Crippen molar-refractivity contribution >= 4 is 0 Å². The molecule has 0 unspecified atom stereocenters. The molecule has 0 saturated heterocycles. The van der Waals surface area contributed by atoms with Gasteiger partial charge in [-0.1, -0.05) is 6.92 Å². The highest BCUT2D eigenvalue weighted by atomic mass is 16.5. The SMILES string of the molecule is CCCn1cc(-c2nc3c(c(=O)[nH]2)COCC3)cn1. The first-order valence-corrected chi connectivity index (χ1v) is 6.50. The Kier molecular flexibility index (Phi) is 3.16. The zero-order valence-electron chi connectivity index (χ0n) is 10.8. The summed E-state index contributed by atoms with van der Waals surface area (Å²) in [5, 5.41) is 4.25. The van der Waals surface area contributed by atoms with Gasteiger partial charge in [-0.05, 0) is 6.42 Å². The molecule has 0 radical (unpaired) electrons. The summed E-state index contributed by atoms with van der Waals surface area (Å²) >= 11 is 0. The Labute approximate surface area is 110 Å². The number of aromatic nitrogens is 4. The van der Waals surface area contributed by atoms with Crippen molar-refractivity contribution in [2.75, 3.05) is 6.61 Å². The van der Waals surface area contributed by atoms with E-state index in [-0.39, 0.29) is 5.56 Å². The summed E-state index contributed by atoms with van der Waals surface area (Å²) in [7, 11) is 0. The molecule has 2 aromatic rings. The van der Waals surface area contributed by atoms with Crippen molar-refractivity contribution in [1.82, 2.24) is 19.7 Å². The van der Waals surface area contributed by atoms with Crippen LogP contribution in [0.1, 0.15) is 24.6 Å². The maximum atomic E-state index is 12.0. The Balaban J connectivity index is 2.00.